The predicted molar refractivity (Wildman–Crippen MR) is 324 cm³/mol. The van der Waals surface area contributed by atoms with Gasteiger partial charge in [-0.1, -0.05) is 231 Å². The first-order valence-electron chi connectivity index (χ1n) is 30.3. The molecular weight excluding hydrogens is 959 g/mol. The Bertz CT molecular complexity index is 1720. The summed E-state index contributed by atoms with van der Waals surface area (Å²) in [5.41, 5.74) is 0. The van der Waals surface area contributed by atoms with Crippen LogP contribution in [-0.4, -0.2) is 82.3 Å². The summed E-state index contributed by atoms with van der Waals surface area (Å²) in [6.45, 7) is 4.48. The molecule has 0 amide bonds. The number of allylic oxidation sites excluding steroid dienone is 22. The topological polar surface area (TPSA) is 111 Å². The zero-order chi connectivity index (χ0) is 56.2. The van der Waals surface area contributed by atoms with E-state index < -0.39 is 24.3 Å². The van der Waals surface area contributed by atoms with Gasteiger partial charge in [-0.2, -0.15) is 0 Å². The van der Waals surface area contributed by atoms with E-state index >= 15 is 0 Å². The molecule has 436 valence electrons. The van der Waals surface area contributed by atoms with Gasteiger partial charge < -0.3 is 33.3 Å². The summed E-state index contributed by atoms with van der Waals surface area (Å²) < 4.78 is 22.7. The Morgan fingerprint density at radius 1 is 0.390 bits per heavy atom. The van der Waals surface area contributed by atoms with Gasteiger partial charge in [-0.05, 0) is 109 Å². The molecule has 9 nitrogen and oxygen atoms in total. The number of carboxylic acid groups (broad SMARTS) is 1. The largest absolute Gasteiger partial charge is 0.545 e. The van der Waals surface area contributed by atoms with Crippen molar-refractivity contribution in [2.45, 2.75) is 232 Å². The molecule has 2 atom stereocenters. The first-order chi connectivity index (χ1) is 37.6. The van der Waals surface area contributed by atoms with Crippen LogP contribution >= 0.6 is 0 Å². The third kappa shape index (κ3) is 58.9. The Labute approximate surface area is 471 Å². The number of unbranched alkanes of at least 4 members (excludes halogenated alkanes) is 17. The van der Waals surface area contributed by atoms with Crippen molar-refractivity contribution in [2.75, 3.05) is 47.5 Å². The van der Waals surface area contributed by atoms with Crippen LogP contribution in [0.2, 0.25) is 0 Å². The molecular formula is C68H111NO8. The van der Waals surface area contributed by atoms with Crippen molar-refractivity contribution >= 4 is 17.9 Å². The highest BCUT2D eigenvalue weighted by Gasteiger charge is 2.22. The van der Waals surface area contributed by atoms with Crippen molar-refractivity contribution in [2.24, 2.45) is 0 Å². The number of hydrogen-bond donors (Lipinski definition) is 0. The average molecular weight is 1070 g/mol. The monoisotopic (exact) mass is 1070 g/mol. The molecule has 2 unspecified atom stereocenters. The normalized spacial score (nSPS) is 13.7. The molecule has 9 heteroatoms. The fraction of sp³-hybridized carbons (Fsp3) is 0.632. The number of carbonyl (C=O) groups excluding carboxylic acids is 3. The van der Waals surface area contributed by atoms with Gasteiger partial charge >= 0.3 is 11.9 Å². The van der Waals surface area contributed by atoms with Crippen LogP contribution in [0.25, 0.3) is 0 Å². The number of nitrogens with zero attached hydrogens (tertiary/aromatic N) is 1. The molecule has 0 saturated heterocycles. The Balaban J connectivity index is 4.24. The summed E-state index contributed by atoms with van der Waals surface area (Å²) in [5, 5.41) is 11.8. The molecule has 0 spiro atoms. The SMILES string of the molecule is CC/C=C\C/C=C\C/C=C\C/C=C\C/C=C\C/C=C\C/C=C\CCCCCCCCCCCCCC(=O)OC(COC(=O)CCCCCCCC/C=C\C/C=C\C/C=C\C/C=C\CC)COC(OCC[N+](C)(C)C)C(=O)[O-]. The number of ether oxygens (including phenoxy) is 4. The van der Waals surface area contributed by atoms with Crippen molar-refractivity contribution in [1.82, 2.24) is 0 Å². The number of carbonyl (C=O) groups is 3. The summed E-state index contributed by atoms with van der Waals surface area (Å²) in [6, 6.07) is 0. The molecule has 0 aliphatic heterocycles. The number of aliphatic carboxylic acids is 1. The van der Waals surface area contributed by atoms with Gasteiger partial charge in [0.25, 0.3) is 0 Å². The molecule has 0 aliphatic rings. The molecule has 0 rings (SSSR count). The van der Waals surface area contributed by atoms with Crippen molar-refractivity contribution in [3.8, 4) is 0 Å². The number of esters is 2. The highest BCUT2D eigenvalue weighted by atomic mass is 16.7. The van der Waals surface area contributed by atoms with Crippen molar-refractivity contribution < 1.29 is 42.9 Å². The predicted octanol–water partition coefficient (Wildman–Crippen LogP) is 16.9. The van der Waals surface area contributed by atoms with Gasteiger partial charge in [0.2, 0.25) is 0 Å². The van der Waals surface area contributed by atoms with E-state index in [9.17, 15) is 19.5 Å². The summed E-state index contributed by atoms with van der Waals surface area (Å²) in [7, 11) is 5.91. The number of likely N-dealkylation sites (N-methyl/N-ethyl adjacent to an activating group) is 1. The van der Waals surface area contributed by atoms with Gasteiger partial charge in [0, 0.05) is 12.8 Å². The van der Waals surface area contributed by atoms with Gasteiger partial charge in [-0.15, -0.1) is 0 Å². The van der Waals surface area contributed by atoms with Crippen molar-refractivity contribution in [3.05, 3.63) is 134 Å². The highest BCUT2D eigenvalue weighted by Crippen LogP contribution is 2.15. The number of hydrogen-bond acceptors (Lipinski definition) is 8. The first kappa shape index (κ1) is 72.4. The Hall–Kier alpha value is -4.57. The van der Waals surface area contributed by atoms with E-state index in [-0.39, 0.29) is 38.6 Å². The van der Waals surface area contributed by atoms with Crippen molar-refractivity contribution in [3.63, 3.8) is 0 Å². The van der Waals surface area contributed by atoms with E-state index in [1.807, 2.05) is 21.1 Å². The maximum atomic E-state index is 12.9. The Kier molecular flexibility index (Phi) is 54.2. The molecule has 0 radical (unpaired) electrons. The Morgan fingerprint density at radius 3 is 1.04 bits per heavy atom. The van der Waals surface area contributed by atoms with E-state index in [0.717, 1.165) is 141 Å². The summed E-state index contributed by atoms with van der Waals surface area (Å²) >= 11 is 0. The van der Waals surface area contributed by atoms with Gasteiger partial charge in [-0.25, -0.2) is 0 Å². The second-order valence-corrected chi connectivity index (χ2v) is 20.9. The molecule has 0 aromatic heterocycles. The Morgan fingerprint density at radius 2 is 0.701 bits per heavy atom. The van der Waals surface area contributed by atoms with Crippen molar-refractivity contribution in [1.29, 1.82) is 0 Å². The van der Waals surface area contributed by atoms with Gasteiger partial charge in [0.05, 0.1) is 40.3 Å². The molecule has 0 aliphatic carbocycles. The third-order valence-electron chi connectivity index (χ3n) is 12.4. The van der Waals surface area contributed by atoms with E-state index in [4.69, 9.17) is 18.9 Å². The van der Waals surface area contributed by atoms with E-state index in [1.54, 1.807) is 0 Å². The lowest BCUT2D eigenvalue weighted by Crippen LogP contribution is -2.44. The van der Waals surface area contributed by atoms with E-state index in [1.165, 1.54) is 44.9 Å². The minimum atomic E-state index is -1.63. The number of rotatable bonds is 54. The molecule has 0 fully saturated rings. The van der Waals surface area contributed by atoms with E-state index in [2.05, 4.69) is 148 Å². The molecule has 0 saturated carbocycles. The van der Waals surface area contributed by atoms with Crippen LogP contribution in [0.3, 0.4) is 0 Å². The van der Waals surface area contributed by atoms with Crippen LogP contribution < -0.4 is 5.11 Å². The van der Waals surface area contributed by atoms with Crippen LogP contribution in [0.4, 0.5) is 0 Å². The minimum Gasteiger partial charge on any atom is -0.545 e. The maximum Gasteiger partial charge on any atom is 0.306 e. The van der Waals surface area contributed by atoms with Crippen LogP contribution in [0.5, 0.6) is 0 Å². The quantitative estimate of drug-likeness (QED) is 0.0195. The second-order valence-electron chi connectivity index (χ2n) is 20.9. The summed E-state index contributed by atoms with van der Waals surface area (Å²) in [5.74, 6) is -2.32. The molecule has 77 heavy (non-hydrogen) atoms. The lowest BCUT2D eigenvalue weighted by molar-refractivity contribution is -0.870. The maximum absolute atomic E-state index is 12.9. The van der Waals surface area contributed by atoms with Crippen LogP contribution in [-0.2, 0) is 33.3 Å². The molecule has 0 aromatic rings. The zero-order valence-corrected chi connectivity index (χ0v) is 49.5. The zero-order valence-electron chi connectivity index (χ0n) is 49.5. The van der Waals surface area contributed by atoms with Gasteiger partial charge in [-0.3, -0.25) is 9.59 Å². The van der Waals surface area contributed by atoms with E-state index in [0.29, 0.717) is 17.4 Å². The molecule has 0 bridgehead atoms. The number of carboxylic acids is 1. The minimum absolute atomic E-state index is 0.138. The smallest absolute Gasteiger partial charge is 0.306 e. The average Bonchev–Trinajstić information content (AvgIpc) is 3.40. The number of quaternary nitrogens is 1. The highest BCUT2D eigenvalue weighted by molar-refractivity contribution is 5.70. The fourth-order valence-electron chi connectivity index (χ4n) is 7.80. The lowest BCUT2D eigenvalue weighted by Gasteiger charge is -2.26. The summed E-state index contributed by atoms with van der Waals surface area (Å²) in [4.78, 5) is 37.3. The molecule has 0 heterocycles. The summed E-state index contributed by atoms with van der Waals surface area (Å²) in [6.07, 6.45) is 79.3. The van der Waals surface area contributed by atoms with Gasteiger partial charge in [0.15, 0.2) is 12.4 Å². The van der Waals surface area contributed by atoms with Crippen LogP contribution in [0, 0.1) is 0 Å². The van der Waals surface area contributed by atoms with Gasteiger partial charge in [0.1, 0.15) is 13.2 Å². The van der Waals surface area contributed by atoms with Crippen LogP contribution in [0.1, 0.15) is 219 Å². The standard InChI is InChI=1S/C68H111NO8/c1-6-8-10-12-14-16-18-20-22-24-26-27-28-29-30-31-32-33-34-35-36-37-38-39-41-43-45-47-49-51-53-55-57-59-66(71)77-64(63-76-68(67(72)73)74-61-60-69(3,4)5)62-75-65(70)58-56-54-52-50-48-46-44-42-40-25-23-21-19-17-15-13-11-9-7-2/h8-11,14-17,20-23,26-27,29-30,32-33,35-36,40,42,64,68H,6-7,12-13,18-19,24-25,28,31,34,37-39,41,43-63H2,1-5H3/b10-8-,11-9-,16-14-,17-15-,22-20-,23-21-,27-26-,30-29-,33-32-,36-35-,42-40-. The third-order valence-corrected chi connectivity index (χ3v) is 12.4. The first-order valence-corrected chi connectivity index (χ1v) is 30.3. The molecule has 0 N–H and O–H groups in total. The lowest BCUT2D eigenvalue weighted by atomic mass is 10.0. The fourth-order valence-corrected chi connectivity index (χ4v) is 7.80. The second kappa shape index (κ2) is 57.6. The molecule has 0 aromatic carbocycles. The van der Waals surface area contributed by atoms with Crippen LogP contribution in [0.15, 0.2) is 134 Å².